The number of carbonyl (C=O) groups is 2. The third kappa shape index (κ3) is 3.56. The average Bonchev–Trinajstić information content (AvgIpc) is 3.11. The van der Waals surface area contributed by atoms with Crippen molar-refractivity contribution in [2.45, 2.75) is 13.0 Å². The highest BCUT2D eigenvalue weighted by atomic mass is 35.5. The number of aromatic nitrogens is 3. The third-order valence-electron chi connectivity index (χ3n) is 4.54. The Morgan fingerprint density at radius 1 is 1.21 bits per heavy atom. The number of anilines is 2. The van der Waals surface area contributed by atoms with Crippen LogP contribution >= 0.6 is 23.2 Å². The highest BCUT2D eigenvalue weighted by Crippen LogP contribution is 2.33. The van der Waals surface area contributed by atoms with Crippen LogP contribution in [0.3, 0.4) is 0 Å². The Hall–Kier alpha value is -2.97. The molecule has 0 saturated heterocycles. The molecule has 29 heavy (non-hydrogen) atoms. The first-order valence-corrected chi connectivity index (χ1v) is 9.37. The number of nitrogens with one attached hydrogen (secondary N) is 1. The Morgan fingerprint density at radius 3 is 2.72 bits per heavy atom. The molecule has 7 nitrogen and oxygen atoms in total. The normalized spacial score (nSPS) is 15.9. The summed E-state index contributed by atoms with van der Waals surface area (Å²) in [5, 5.41) is 7.56. The monoisotopic (exact) mass is 433 g/mol. The van der Waals surface area contributed by atoms with Crippen molar-refractivity contribution in [2.75, 3.05) is 16.8 Å². The summed E-state index contributed by atoms with van der Waals surface area (Å²) in [6, 6.07) is 5.82. The van der Waals surface area contributed by atoms with Crippen LogP contribution < -0.4 is 10.2 Å². The predicted octanol–water partition coefficient (Wildman–Crippen LogP) is 4.20. The van der Waals surface area contributed by atoms with Crippen LogP contribution in [-0.4, -0.2) is 33.1 Å². The molecule has 2 aromatic heterocycles. The van der Waals surface area contributed by atoms with Crippen LogP contribution in [0.2, 0.25) is 10.0 Å². The number of halogens is 3. The maximum atomic E-state index is 13.4. The Balaban J connectivity index is 1.67. The first-order chi connectivity index (χ1) is 13.8. The van der Waals surface area contributed by atoms with E-state index in [0.717, 1.165) is 12.3 Å². The van der Waals surface area contributed by atoms with E-state index in [0.29, 0.717) is 22.3 Å². The first-order valence-electron chi connectivity index (χ1n) is 8.61. The van der Waals surface area contributed by atoms with Crippen LogP contribution in [0.5, 0.6) is 0 Å². The lowest BCUT2D eigenvalue weighted by molar-refractivity contribution is 0.0954. The van der Waals surface area contributed by atoms with Gasteiger partial charge in [-0.05, 0) is 31.2 Å². The molecule has 0 radical (unpaired) electrons. The van der Waals surface area contributed by atoms with Gasteiger partial charge >= 0.3 is 0 Å². The van der Waals surface area contributed by atoms with Crippen LogP contribution in [0.1, 0.15) is 33.8 Å². The Kier molecular flexibility index (Phi) is 4.97. The van der Waals surface area contributed by atoms with Crippen molar-refractivity contribution in [3.05, 3.63) is 70.0 Å². The molecule has 3 heterocycles. The lowest BCUT2D eigenvalue weighted by Gasteiger charge is -2.32. The van der Waals surface area contributed by atoms with Gasteiger partial charge in [-0.25, -0.2) is 4.39 Å². The molecule has 0 unspecified atom stereocenters. The van der Waals surface area contributed by atoms with Crippen LogP contribution in [0.15, 0.2) is 42.9 Å². The van der Waals surface area contributed by atoms with E-state index in [2.05, 4.69) is 15.4 Å². The first kappa shape index (κ1) is 19.4. The molecule has 10 heteroatoms. The molecule has 1 atom stereocenters. The van der Waals surface area contributed by atoms with Crippen molar-refractivity contribution >= 4 is 46.4 Å². The highest BCUT2D eigenvalue weighted by molar-refractivity contribution is 6.42. The maximum Gasteiger partial charge on any atom is 0.278 e. The van der Waals surface area contributed by atoms with Crippen molar-refractivity contribution in [1.82, 2.24) is 14.8 Å². The van der Waals surface area contributed by atoms with Gasteiger partial charge in [-0.1, -0.05) is 23.2 Å². The molecule has 0 saturated carbocycles. The van der Waals surface area contributed by atoms with Gasteiger partial charge in [0.25, 0.3) is 11.8 Å². The van der Waals surface area contributed by atoms with E-state index >= 15 is 0 Å². The van der Waals surface area contributed by atoms with E-state index in [9.17, 15) is 14.0 Å². The number of hydrogen-bond acceptors (Lipinski definition) is 4. The molecular formula is C19H14Cl2FN5O2. The van der Waals surface area contributed by atoms with Crippen LogP contribution in [-0.2, 0) is 0 Å². The van der Waals surface area contributed by atoms with Gasteiger partial charge in [0.2, 0.25) is 0 Å². The third-order valence-corrected chi connectivity index (χ3v) is 5.28. The SMILES string of the molecule is C[C@H]1CN(c2ccc(Cl)c(Cl)c2)C(=O)c2c(NC(=O)c3cncc(F)c3)cnn21. The van der Waals surface area contributed by atoms with Gasteiger partial charge < -0.3 is 10.2 Å². The van der Waals surface area contributed by atoms with E-state index < -0.39 is 11.7 Å². The average molecular weight is 434 g/mol. The number of carbonyl (C=O) groups excluding carboxylic acids is 2. The minimum absolute atomic E-state index is 0.0302. The summed E-state index contributed by atoms with van der Waals surface area (Å²) in [5.41, 5.74) is 1.05. The molecule has 0 fully saturated rings. The molecule has 1 N–H and O–H groups in total. The van der Waals surface area contributed by atoms with Gasteiger partial charge in [0.15, 0.2) is 5.69 Å². The summed E-state index contributed by atoms with van der Waals surface area (Å²) >= 11 is 12.1. The maximum absolute atomic E-state index is 13.4. The number of fused-ring (bicyclic) bond motifs is 1. The summed E-state index contributed by atoms with van der Waals surface area (Å²) in [4.78, 5) is 30.8. The molecule has 1 aliphatic rings. The van der Waals surface area contributed by atoms with E-state index in [1.807, 2.05) is 6.92 Å². The second kappa shape index (κ2) is 7.46. The van der Waals surface area contributed by atoms with Crippen molar-refractivity contribution in [3.63, 3.8) is 0 Å². The molecule has 4 rings (SSSR count). The van der Waals surface area contributed by atoms with E-state index in [-0.39, 0.29) is 28.9 Å². The standard InChI is InChI=1S/C19H14Cl2FN5O2/c1-10-9-26(13-2-3-14(20)15(21)5-13)19(29)17-16(8-24-27(10)17)25-18(28)11-4-12(22)7-23-6-11/h2-8,10H,9H2,1H3,(H,25,28)/t10-/m0/s1. The lowest BCUT2D eigenvalue weighted by Crippen LogP contribution is -2.43. The lowest BCUT2D eigenvalue weighted by atomic mass is 10.1. The fourth-order valence-corrected chi connectivity index (χ4v) is 3.45. The van der Waals surface area contributed by atoms with Gasteiger partial charge in [0.05, 0.1) is 39.7 Å². The molecular weight excluding hydrogens is 420 g/mol. The van der Waals surface area contributed by atoms with E-state index in [1.54, 1.807) is 27.8 Å². The number of pyridine rings is 1. The second-order valence-corrected chi connectivity index (χ2v) is 7.37. The zero-order chi connectivity index (χ0) is 20.7. The Labute approximate surface area is 175 Å². The van der Waals surface area contributed by atoms with E-state index in [4.69, 9.17) is 23.2 Å². The van der Waals surface area contributed by atoms with Crippen molar-refractivity contribution < 1.29 is 14.0 Å². The zero-order valence-electron chi connectivity index (χ0n) is 15.1. The molecule has 3 aromatic rings. The predicted molar refractivity (Wildman–Crippen MR) is 107 cm³/mol. The highest BCUT2D eigenvalue weighted by Gasteiger charge is 2.34. The summed E-state index contributed by atoms with van der Waals surface area (Å²) in [6.07, 6.45) is 3.63. The molecule has 0 aliphatic carbocycles. The molecule has 2 amide bonds. The Morgan fingerprint density at radius 2 is 2.00 bits per heavy atom. The quantitative estimate of drug-likeness (QED) is 0.670. The minimum Gasteiger partial charge on any atom is -0.319 e. The van der Waals surface area contributed by atoms with Crippen molar-refractivity contribution in [2.24, 2.45) is 0 Å². The minimum atomic E-state index is -0.634. The summed E-state index contributed by atoms with van der Waals surface area (Å²) < 4.78 is 14.9. The molecule has 0 spiro atoms. The van der Waals surface area contributed by atoms with Crippen LogP contribution in [0, 0.1) is 5.82 Å². The molecule has 1 aliphatic heterocycles. The Bertz CT molecular complexity index is 1130. The van der Waals surface area contributed by atoms with Crippen molar-refractivity contribution in [3.8, 4) is 0 Å². The van der Waals surface area contributed by atoms with Gasteiger partial charge in [-0.2, -0.15) is 5.10 Å². The molecule has 1 aromatic carbocycles. The summed E-state index contributed by atoms with van der Waals surface area (Å²) in [6.45, 7) is 2.27. The molecule has 0 bridgehead atoms. The van der Waals surface area contributed by atoms with Crippen LogP contribution in [0.25, 0.3) is 0 Å². The van der Waals surface area contributed by atoms with E-state index in [1.165, 1.54) is 12.4 Å². The van der Waals surface area contributed by atoms with Gasteiger partial charge in [0, 0.05) is 18.4 Å². The van der Waals surface area contributed by atoms with Gasteiger partial charge in [-0.3, -0.25) is 19.3 Å². The second-order valence-electron chi connectivity index (χ2n) is 6.56. The number of amides is 2. The smallest absolute Gasteiger partial charge is 0.278 e. The van der Waals surface area contributed by atoms with Crippen molar-refractivity contribution in [1.29, 1.82) is 0 Å². The largest absolute Gasteiger partial charge is 0.319 e. The summed E-state index contributed by atoms with van der Waals surface area (Å²) in [5.74, 6) is -1.59. The summed E-state index contributed by atoms with van der Waals surface area (Å²) in [7, 11) is 0. The fourth-order valence-electron chi connectivity index (χ4n) is 3.16. The van der Waals surface area contributed by atoms with Crippen LogP contribution in [0.4, 0.5) is 15.8 Å². The number of nitrogens with zero attached hydrogens (tertiary/aromatic N) is 4. The topological polar surface area (TPSA) is 80.1 Å². The number of benzene rings is 1. The number of hydrogen-bond donors (Lipinski definition) is 1. The van der Waals surface area contributed by atoms with Gasteiger partial charge in [0.1, 0.15) is 5.82 Å². The van der Waals surface area contributed by atoms with Gasteiger partial charge in [-0.15, -0.1) is 0 Å². The fraction of sp³-hybridized carbons (Fsp3) is 0.158. The zero-order valence-corrected chi connectivity index (χ0v) is 16.6. The number of rotatable bonds is 3. The molecule has 148 valence electrons.